The van der Waals surface area contributed by atoms with Crippen molar-refractivity contribution in [3.05, 3.63) is 51.4 Å². The molecular weight excluding hydrogens is 328 g/mol. The summed E-state index contributed by atoms with van der Waals surface area (Å²) in [6.45, 7) is 1.54. The van der Waals surface area contributed by atoms with E-state index in [1.807, 2.05) is 0 Å². The zero-order chi connectivity index (χ0) is 18.6. The van der Waals surface area contributed by atoms with Gasteiger partial charge in [0.2, 0.25) is 0 Å². The number of benzene rings is 1. The minimum atomic E-state index is -0.685. The predicted octanol–water partition coefficient (Wildman–Crippen LogP) is 1.74. The summed E-state index contributed by atoms with van der Waals surface area (Å²) in [6.07, 6.45) is 0. The lowest BCUT2D eigenvalue weighted by Crippen LogP contribution is -2.25. The van der Waals surface area contributed by atoms with Crippen LogP contribution in [0, 0.1) is 6.92 Å². The Bertz CT molecular complexity index is 872. The molecule has 25 heavy (non-hydrogen) atoms. The van der Waals surface area contributed by atoms with Crippen LogP contribution in [0.3, 0.4) is 0 Å². The number of carbonyl (C=O) groups excluding carboxylic acids is 2. The first-order chi connectivity index (χ1) is 11.9. The van der Waals surface area contributed by atoms with Crippen molar-refractivity contribution in [1.82, 2.24) is 4.98 Å². The molecule has 1 heterocycles. The van der Waals surface area contributed by atoms with Crippen molar-refractivity contribution in [2.24, 2.45) is 0 Å². The Hall–Kier alpha value is -3.29. The fraction of sp³-hybridized carbons (Fsp3) is 0.235. The van der Waals surface area contributed by atoms with Gasteiger partial charge >= 0.3 is 5.97 Å². The lowest BCUT2D eigenvalue weighted by Gasteiger charge is -2.12. The van der Waals surface area contributed by atoms with Gasteiger partial charge in [-0.3, -0.25) is 9.59 Å². The average molecular weight is 346 g/mol. The number of hydrogen-bond acceptors (Lipinski definition) is 6. The van der Waals surface area contributed by atoms with Crippen molar-refractivity contribution >= 4 is 17.6 Å². The van der Waals surface area contributed by atoms with Crippen LogP contribution in [0.4, 0.5) is 5.69 Å². The number of rotatable bonds is 5. The van der Waals surface area contributed by atoms with Gasteiger partial charge < -0.3 is 24.5 Å². The quantitative estimate of drug-likeness (QED) is 0.799. The molecule has 132 valence electrons. The Morgan fingerprint density at radius 3 is 2.36 bits per heavy atom. The second kappa shape index (κ2) is 7.52. The van der Waals surface area contributed by atoms with E-state index in [0.29, 0.717) is 22.9 Å². The summed E-state index contributed by atoms with van der Waals surface area (Å²) in [5, 5.41) is 2.58. The van der Waals surface area contributed by atoms with Crippen LogP contribution < -0.4 is 20.3 Å². The minimum absolute atomic E-state index is 0.106. The number of H-pyrrole nitrogens is 1. The van der Waals surface area contributed by atoms with Gasteiger partial charge in [-0.1, -0.05) is 0 Å². The summed E-state index contributed by atoms with van der Waals surface area (Å²) in [5.74, 6) is -0.417. The van der Waals surface area contributed by atoms with Crippen LogP contribution in [0.25, 0.3) is 0 Å². The molecule has 8 nitrogen and oxygen atoms in total. The van der Waals surface area contributed by atoms with E-state index < -0.39 is 17.4 Å². The largest absolute Gasteiger partial charge is 0.497 e. The Balaban J connectivity index is 2.39. The fourth-order valence-corrected chi connectivity index (χ4v) is 2.21. The number of pyridine rings is 1. The molecule has 2 rings (SSSR count). The standard InChI is InChI=1S/C17H18N2O6/c1-9-11(17(22)25-4)8-12(15(20)18-9)16(21)19-13-6-5-10(23-2)7-14(13)24-3/h5-8H,1-4H3,(H,18,20)(H,19,21). The Morgan fingerprint density at radius 2 is 1.76 bits per heavy atom. The normalized spacial score (nSPS) is 10.1. The first-order valence-corrected chi connectivity index (χ1v) is 7.26. The number of amides is 1. The van der Waals surface area contributed by atoms with E-state index in [1.165, 1.54) is 27.4 Å². The number of ether oxygens (including phenoxy) is 3. The third-order valence-corrected chi connectivity index (χ3v) is 3.55. The maximum atomic E-state index is 12.5. The van der Waals surface area contributed by atoms with Crippen molar-refractivity contribution in [2.75, 3.05) is 26.6 Å². The number of hydrogen-bond donors (Lipinski definition) is 2. The lowest BCUT2D eigenvalue weighted by atomic mass is 10.1. The molecule has 0 fully saturated rings. The lowest BCUT2D eigenvalue weighted by molar-refractivity contribution is 0.0599. The number of methoxy groups -OCH3 is 3. The summed E-state index contributed by atoms with van der Waals surface area (Å²) in [6, 6.07) is 6.01. The first kappa shape index (κ1) is 18.1. The molecule has 0 bridgehead atoms. The minimum Gasteiger partial charge on any atom is -0.497 e. The van der Waals surface area contributed by atoms with Gasteiger partial charge in [-0.05, 0) is 25.1 Å². The highest BCUT2D eigenvalue weighted by Crippen LogP contribution is 2.29. The molecule has 0 aliphatic heterocycles. The Morgan fingerprint density at radius 1 is 1.04 bits per heavy atom. The smallest absolute Gasteiger partial charge is 0.339 e. The third-order valence-electron chi connectivity index (χ3n) is 3.55. The van der Waals surface area contributed by atoms with E-state index in [-0.39, 0.29) is 11.1 Å². The molecule has 0 spiro atoms. The topological polar surface area (TPSA) is 107 Å². The highest BCUT2D eigenvalue weighted by Gasteiger charge is 2.19. The zero-order valence-electron chi connectivity index (χ0n) is 14.3. The number of esters is 1. The van der Waals surface area contributed by atoms with E-state index in [2.05, 4.69) is 15.0 Å². The monoisotopic (exact) mass is 346 g/mol. The van der Waals surface area contributed by atoms with Crippen LogP contribution >= 0.6 is 0 Å². The Labute approximate surface area is 143 Å². The second-order valence-corrected chi connectivity index (χ2v) is 5.06. The zero-order valence-corrected chi connectivity index (χ0v) is 14.3. The van der Waals surface area contributed by atoms with Crippen molar-refractivity contribution in [1.29, 1.82) is 0 Å². The van der Waals surface area contributed by atoms with E-state index in [9.17, 15) is 14.4 Å². The highest BCUT2D eigenvalue weighted by atomic mass is 16.5. The molecule has 0 aliphatic carbocycles. The van der Waals surface area contributed by atoms with Gasteiger partial charge in [0.15, 0.2) is 0 Å². The molecule has 0 unspecified atom stereocenters. The third kappa shape index (κ3) is 3.79. The van der Waals surface area contributed by atoms with Gasteiger partial charge in [-0.25, -0.2) is 4.79 Å². The summed E-state index contributed by atoms with van der Waals surface area (Å²) >= 11 is 0. The van der Waals surface area contributed by atoms with Crippen LogP contribution in [0.5, 0.6) is 11.5 Å². The molecule has 0 saturated heterocycles. The molecule has 0 atom stereocenters. The summed E-state index contributed by atoms with van der Waals surface area (Å²) < 4.78 is 14.9. The van der Waals surface area contributed by atoms with Crippen molar-refractivity contribution < 1.29 is 23.8 Å². The predicted molar refractivity (Wildman–Crippen MR) is 90.6 cm³/mol. The van der Waals surface area contributed by atoms with Crippen molar-refractivity contribution in [3.63, 3.8) is 0 Å². The number of aryl methyl sites for hydroxylation is 1. The summed E-state index contributed by atoms with van der Waals surface area (Å²) in [7, 11) is 4.17. The van der Waals surface area contributed by atoms with E-state index in [4.69, 9.17) is 9.47 Å². The number of aromatic amines is 1. The molecule has 2 N–H and O–H groups in total. The van der Waals surface area contributed by atoms with Gasteiger partial charge in [0.25, 0.3) is 11.5 Å². The maximum absolute atomic E-state index is 12.5. The molecule has 2 aromatic rings. The molecule has 8 heteroatoms. The molecule has 0 radical (unpaired) electrons. The van der Waals surface area contributed by atoms with Crippen molar-refractivity contribution in [2.45, 2.75) is 6.92 Å². The van der Waals surface area contributed by atoms with E-state index >= 15 is 0 Å². The highest BCUT2D eigenvalue weighted by molar-refractivity contribution is 6.06. The first-order valence-electron chi connectivity index (χ1n) is 7.26. The van der Waals surface area contributed by atoms with Crippen LogP contribution in [0.1, 0.15) is 26.4 Å². The van der Waals surface area contributed by atoms with E-state index in [0.717, 1.165) is 0 Å². The van der Waals surface area contributed by atoms with Crippen LogP contribution in [-0.4, -0.2) is 38.2 Å². The SMILES string of the molecule is COC(=O)c1cc(C(=O)Nc2ccc(OC)cc2OC)c(=O)[nH]c1C. The second-order valence-electron chi connectivity index (χ2n) is 5.06. The van der Waals surface area contributed by atoms with Crippen LogP contribution in [-0.2, 0) is 4.74 Å². The van der Waals surface area contributed by atoms with Gasteiger partial charge in [-0.2, -0.15) is 0 Å². The summed E-state index contributed by atoms with van der Waals surface area (Å²) in [5.41, 5.74) is -0.0590. The van der Waals surface area contributed by atoms with Gasteiger partial charge in [0.1, 0.15) is 17.1 Å². The van der Waals surface area contributed by atoms with Crippen molar-refractivity contribution in [3.8, 4) is 11.5 Å². The van der Waals surface area contributed by atoms with Gasteiger partial charge in [0.05, 0.1) is 32.6 Å². The fourth-order valence-electron chi connectivity index (χ4n) is 2.21. The van der Waals surface area contributed by atoms with Gasteiger partial charge in [0, 0.05) is 11.8 Å². The molecule has 0 aliphatic rings. The Kier molecular flexibility index (Phi) is 5.43. The molecule has 1 aromatic heterocycles. The van der Waals surface area contributed by atoms with E-state index in [1.54, 1.807) is 25.1 Å². The van der Waals surface area contributed by atoms with Crippen LogP contribution in [0.15, 0.2) is 29.1 Å². The van der Waals surface area contributed by atoms with Gasteiger partial charge in [-0.15, -0.1) is 0 Å². The maximum Gasteiger partial charge on any atom is 0.339 e. The molecular formula is C17H18N2O6. The number of aromatic nitrogens is 1. The summed E-state index contributed by atoms with van der Waals surface area (Å²) in [4.78, 5) is 38.7. The molecule has 1 aromatic carbocycles. The number of nitrogens with one attached hydrogen (secondary N) is 2. The molecule has 0 saturated carbocycles. The number of anilines is 1. The number of carbonyl (C=O) groups is 2. The van der Waals surface area contributed by atoms with Crippen LogP contribution in [0.2, 0.25) is 0 Å². The average Bonchev–Trinajstić information content (AvgIpc) is 2.61. The molecule has 1 amide bonds.